The van der Waals surface area contributed by atoms with E-state index >= 15 is 0 Å². The van der Waals surface area contributed by atoms with Crippen LogP contribution in [0.5, 0.6) is 0 Å². The second kappa shape index (κ2) is 5.89. The first-order valence-electron chi connectivity index (χ1n) is 6.51. The van der Waals surface area contributed by atoms with E-state index in [-0.39, 0.29) is 11.8 Å². The molecule has 0 aromatic carbocycles. The third-order valence-corrected chi connectivity index (χ3v) is 4.41. The smallest absolute Gasteiger partial charge is 0.148 e. The van der Waals surface area contributed by atoms with Crippen molar-refractivity contribution in [2.24, 2.45) is 0 Å². The average Bonchev–Trinajstić information content (AvgIpc) is 2.71. The molecule has 1 atom stereocenters. The molecular formula is C13H21NO3S. The number of furan rings is 1. The van der Waals surface area contributed by atoms with Crippen LogP contribution in [-0.2, 0) is 9.84 Å². The zero-order chi connectivity index (χ0) is 13.0. The van der Waals surface area contributed by atoms with Gasteiger partial charge in [-0.3, -0.25) is 4.90 Å². The van der Waals surface area contributed by atoms with Crippen molar-refractivity contribution in [2.75, 3.05) is 25.1 Å². The molecule has 0 spiro atoms. The maximum absolute atomic E-state index is 11.3. The second-order valence-electron chi connectivity index (χ2n) is 5.05. The molecule has 0 saturated carbocycles. The highest BCUT2D eigenvalue weighted by Crippen LogP contribution is 2.30. The minimum absolute atomic E-state index is 0.226. The predicted molar refractivity (Wildman–Crippen MR) is 71.2 cm³/mol. The fourth-order valence-electron chi connectivity index (χ4n) is 2.52. The maximum atomic E-state index is 11.3. The van der Waals surface area contributed by atoms with Crippen LogP contribution < -0.4 is 0 Å². The molecule has 0 amide bonds. The molecule has 0 aliphatic carbocycles. The summed E-state index contributed by atoms with van der Waals surface area (Å²) in [7, 11) is -2.90. The van der Waals surface area contributed by atoms with Gasteiger partial charge in [-0.2, -0.15) is 0 Å². The zero-order valence-corrected chi connectivity index (χ0v) is 11.7. The van der Waals surface area contributed by atoms with E-state index in [4.69, 9.17) is 4.42 Å². The Morgan fingerprint density at radius 1 is 1.39 bits per heavy atom. The first-order valence-corrected chi connectivity index (χ1v) is 8.57. The van der Waals surface area contributed by atoms with E-state index in [1.165, 1.54) is 19.1 Å². The number of rotatable bonds is 4. The Morgan fingerprint density at radius 3 is 2.89 bits per heavy atom. The zero-order valence-electron chi connectivity index (χ0n) is 10.8. The first-order chi connectivity index (χ1) is 8.56. The number of hydrogen-bond acceptors (Lipinski definition) is 4. The molecule has 1 aromatic heterocycles. The van der Waals surface area contributed by atoms with Gasteiger partial charge in [-0.05, 0) is 31.5 Å². The molecule has 102 valence electrons. The van der Waals surface area contributed by atoms with Gasteiger partial charge in [0.2, 0.25) is 0 Å². The summed E-state index contributed by atoms with van der Waals surface area (Å²) in [4.78, 5) is 2.26. The standard InChI is InChI=1S/C13H21NO3S/c1-18(15,16)11-9-14-8-4-2-3-6-12(14)13-7-5-10-17-13/h5,7,10,12H,2-4,6,8-9,11H2,1H3. The molecule has 0 N–H and O–H groups in total. The summed E-state index contributed by atoms with van der Waals surface area (Å²) in [5, 5.41) is 0. The van der Waals surface area contributed by atoms with E-state index < -0.39 is 9.84 Å². The Balaban J connectivity index is 2.07. The van der Waals surface area contributed by atoms with Crippen LogP contribution in [0.4, 0.5) is 0 Å². The number of likely N-dealkylation sites (tertiary alicyclic amines) is 1. The summed E-state index contributed by atoms with van der Waals surface area (Å²) in [6, 6.07) is 4.13. The molecule has 0 radical (unpaired) electrons. The van der Waals surface area contributed by atoms with Gasteiger partial charge in [0.1, 0.15) is 15.6 Å². The van der Waals surface area contributed by atoms with E-state index in [1.807, 2.05) is 12.1 Å². The fourth-order valence-corrected chi connectivity index (χ4v) is 3.09. The van der Waals surface area contributed by atoms with Crippen molar-refractivity contribution in [3.05, 3.63) is 24.2 Å². The molecule has 1 saturated heterocycles. The Labute approximate surface area is 109 Å². The molecule has 5 heteroatoms. The largest absolute Gasteiger partial charge is 0.468 e. The lowest BCUT2D eigenvalue weighted by Crippen LogP contribution is -2.32. The molecule has 1 aliphatic heterocycles. The second-order valence-corrected chi connectivity index (χ2v) is 7.31. The van der Waals surface area contributed by atoms with Gasteiger partial charge in [-0.1, -0.05) is 12.8 Å². The Morgan fingerprint density at radius 2 is 2.22 bits per heavy atom. The number of sulfone groups is 1. The van der Waals surface area contributed by atoms with Crippen molar-refractivity contribution < 1.29 is 12.8 Å². The predicted octanol–water partition coefficient (Wildman–Crippen LogP) is 2.24. The van der Waals surface area contributed by atoms with Gasteiger partial charge in [0, 0.05) is 12.8 Å². The van der Waals surface area contributed by atoms with Crippen molar-refractivity contribution in [3.8, 4) is 0 Å². The monoisotopic (exact) mass is 271 g/mol. The molecule has 1 unspecified atom stereocenters. The number of nitrogens with zero attached hydrogens (tertiary/aromatic N) is 1. The summed E-state index contributed by atoms with van der Waals surface area (Å²) in [5.41, 5.74) is 0. The van der Waals surface area contributed by atoms with Gasteiger partial charge in [0.25, 0.3) is 0 Å². The fraction of sp³-hybridized carbons (Fsp3) is 0.692. The topological polar surface area (TPSA) is 50.5 Å². The van der Waals surface area contributed by atoms with Crippen LogP contribution in [0, 0.1) is 0 Å². The van der Waals surface area contributed by atoms with Gasteiger partial charge in [-0.25, -0.2) is 8.42 Å². The summed E-state index contributed by atoms with van der Waals surface area (Å²) in [5.74, 6) is 1.19. The lowest BCUT2D eigenvalue weighted by Gasteiger charge is -2.28. The van der Waals surface area contributed by atoms with E-state index in [2.05, 4.69) is 4.90 Å². The normalized spacial score (nSPS) is 22.8. The van der Waals surface area contributed by atoms with Crippen LogP contribution in [-0.4, -0.2) is 38.4 Å². The summed E-state index contributed by atoms with van der Waals surface area (Å²) < 4.78 is 28.1. The molecule has 4 nitrogen and oxygen atoms in total. The van der Waals surface area contributed by atoms with Crippen molar-refractivity contribution >= 4 is 9.84 Å². The van der Waals surface area contributed by atoms with Crippen molar-refractivity contribution in [1.82, 2.24) is 4.90 Å². The maximum Gasteiger partial charge on any atom is 0.148 e. The van der Waals surface area contributed by atoms with E-state index in [9.17, 15) is 8.42 Å². The highest BCUT2D eigenvalue weighted by molar-refractivity contribution is 7.90. The molecule has 2 heterocycles. The lowest BCUT2D eigenvalue weighted by molar-refractivity contribution is 0.188. The molecule has 1 fully saturated rings. The van der Waals surface area contributed by atoms with Gasteiger partial charge < -0.3 is 4.42 Å². The molecule has 1 aromatic rings. The van der Waals surface area contributed by atoms with Crippen LogP contribution >= 0.6 is 0 Å². The minimum Gasteiger partial charge on any atom is -0.468 e. The molecule has 18 heavy (non-hydrogen) atoms. The van der Waals surface area contributed by atoms with Crippen LogP contribution in [0.15, 0.2) is 22.8 Å². The highest BCUT2D eigenvalue weighted by atomic mass is 32.2. The molecule has 0 bridgehead atoms. The quantitative estimate of drug-likeness (QED) is 0.842. The van der Waals surface area contributed by atoms with Gasteiger partial charge in [-0.15, -0.1) is 0 Å². The third-order valence-electron chi connectivity index (χ3n) is 3.48. The average molecular weight is 271 g/mol. The van der Waals surface area contributed by atoms with E-state index in [0.717, 1.165) is 25.1 Å². The SMILES string of the molecule is CS(=O)(=O)CCN1CCCCCC1c1ccco1. The van der Waals surface area contributed by atoms with Crippen LogP contribution in [0.2, 0.25) is 0 Å². The molecular weight excluding hydrogens is 250 g/mol. The summed E-state index contributed by atoms with van der Waals surface area (Å²) >= 11 is 0. The van der Waals surface area contributed by atoms with E-state index in [1.54, 1.807) is 6.26 Å². The van der Waals surface area contributed by atoms with Crippen LogP contribution in [0.25, 0.3) is 0 Å². The molecule has 2 rings (SSSR count). The third kappa shape index (κ3) is 3.85. The van der Waals surface area contributed by atoms with Gasteiger partial charge in [0.05, 0.1) is 18.1 Å². The Bertz CT molecular complexity index is 453. The number of hydrogen-bond donors (Lipinski definition) is 0. The van der Waals surface area contributed by atoms with Crippen molar-refractivity contribution in [1.29, 1.82) is 0 Å². The Kier molecular flexibility index (Phi) is 4.45. The molecule has 1 aliphatic rings. The summed E-state index contributed by atoms with van der Waals surface area (Å²) in [6.45, 7) is 1.56. The van der Waals surface area contributed by atoms with Crippen LogP contribution in [0.1, 0.15) is 37.5 Å². The van der Waals surface area contributed by atoms with E-state index in [0.29, 0.717) is 6.54 Å². The summed E-state index contributed by atoms with van der Waals surface area (Å²) in [6.07, 6.45) is 7.58. The lowest BCUT2D eigenvalue weighted by atomic mass is 10.1. The van der Waals surface area contributed by atoms with Crippen molar-refractivity contribution in [3.63, 3.8) is 0 Å². The van der Waals surface area contributed by atoms with Crippen LogP contribution in [0.3, 0.4) is 0 Å². The first kappa shape index (κ1) is 13.6. The highest BCUT2D eigenvalue weighted by Gasteiger charge is 2.25. The van der Waals surface area contributed by atoms with Crippen molar-refractivity contribution in [2.45, 2.75) is 31.7 Å². The minimum atomic E-state index is -2.90. The van der Waals surface area contributed by atoms with Gasteiger partial charge in [0.15, 0.2) is 0 Å². The van der Waals surface area contributed by atoms with Gasteiger partial charge >= 0.3 is 0 Å². The Hall–Kier alpha value is -0.810.